The van der Waals surface area contributed by atoms with Crippen molar-refractivity contribution in [1.29, 1.82) is 0 Å². The third kappa shape index (κ3) is 4.48. The van der Waals surface area contributed by atoms with Crippen LogP contribution in [0.4, 0.5) is 0 Å². The highest BCUT2D eigenvalue weighted by atomic mass is 16.3. The van der Waals surface area contributed by atoms with Crippen LogP contribution in [0.5, 0.6) is 0 Å². The van der Waals surface area contributed by atoms with E-state index in [9.17, 15) is 0 Å². The molecule has 1 heterocycles. The molecule has 12 aromatic rings. The molecule has 11 aromatic carbocycles. The van der Waals surface area contributed by atoms with Gasteiger partial charge in [0.25, 0.3) is 0 Å². The molecule has 0 fully saturated rings. The monoisotopic (exact) mass is 696 g/mol. The standard InChI is InChI=1S/C54H32O/c1-2-12-38-34(11-1)25-29-48-50-32-37(27-30-51(50)55-54(38)48)53-46-19-9-7-17-44(46)52(45-18-8-10-20-47(45)53)35-23-21-33(22-24-35)36-26-28-43-41-15-4-3-13-39(41)40-14-5-6-16-42(40)49(43)31-36/h1-32H. The van der Waals surface area contributed by atoms with E-state index < -0.39 is 0 Å². The van der Waals surface area contributed by atoms with E-state index in [2.05, 4.69) is 194 Å². The van der Waals surface area contributed by atoms with Gasteiger partial charge in [-0.3, -0.25) is 0 Å². The summed E-state index contributed by atoms with van der Waals surface area (Å²) in [5, 5.41) is 17.4. The minimum absolute atomic E-state index is 0.911. The van der Waals surface area contributed by atoms with Gasteiger partial charge >= 0.3 is 0 Å². The maximum absolute atomic E-state index is 6.51. The molecule has 55 heavy (non-hydrogen) atoms. The molecular formula is C54H32O. The van der Waals surface area contributed by atoms with Crippen molar-refractivity contribution in [2.24, 2.45) is 0 Å². The van der Waals surface area contributed by atoms with Crippen LogP contribution in [0.2, 0.25) is 0 Å². The lowest BCUT2D eigenvalue weighted by Crippen LogP contribution is -1.91. The largest absolute Gasteiger partial charge is 0.455 e. The van der Waals surface area contributed by atoms with Crippen molar-refractivity contribution in [3.63, 3.8) is 0 Å². The molecule has 0 radical (unpaired) electrons. The number of fused-ring (bicyclic) bond motifs is 13. The van der Waals surface area contributed by atoms with E-state index in [1.165, 1.54) is 92.6 Å². The van der Waals surface area contributed by atoms with E-state index in [0.717, 1.165) is 27.3 Å². The Morgan fingerprint density at radius 1 is 0.236 bits per heavy atom. The number of hydrogen-bond donors (Lipinski definition) is 0. The average Bonchev–Trinajstić information content (AvgIpc) is 3.64. The second-order valence-corrected chi connectivity index (χ2v) is 14.7. The van der Waals surface area contributed by atoms with Crippen LogP contribution in [0.15, 0.2) is 199 Å². The van der Waals surface area contributed by atoms with E-state index >= 15 is 0 Å². The number of benzene rings is 11. The molecule has 1 nitrogen and oxygen atoms in total. The van der Waals surface area contributed by atoms with E-state index in [1.807, 2.05) is 0 Å². The SMILES string of the molecule is c1ccc2c(c1)ccc1c3cc(-c4c5ccccc5c(-c5ccc(-c6ccc7c8ccccc8c8ccccc8c7c6)cc5)c5ccccc45)ccc3oc21. The van der Waals surface area contributed by atoms with Crippen LogP contribution in [0.1, 0.15) is 0 Å². The Kier molecular flexibility index (Phi) is 6.40. The first kappa shape index (κ1) is 30.3. The summed E-state index contributed by atoms with van der Waals surface area (Å²) in [4.78, 5) is 0. The van der Waals surface area contributed by atoms with Crippen LogP contribution in [0.25, 0.3) is 120 Å². The van der Waals surface area contributed by atoms with Crippen molar-refractivity contribution >= 4 is 86.6 Å². The molecule has 12 rings (SSSR count). The van der Waals surface area contributed by atoms with Crippen molar-refractivity contribution in [3.05, 3.63) is 194 Å². The number of furan rings is 1. The molecule has 0 saturated heterocycles. The molecule has 0 aliphatic heterocycles. The number of rotatable bonds is 3. The Labute approximate surface area is 317 Å². The van der Waals surface area contributed by atoms with E-state index in [4.69, 9.17) is 4.42 Å². The van der Waals surface area contributed by atoms with Gasteiger partial charge < -0.3 is 4.42 Å². The van der Waals surface area contributed by atoms with Gasteiger partial charge in [-0.1, -0.05) is 170 Å². The fraction of sp³-hybridized carbons (Fsp3) is 0. The summed E-state index contributed by atoms with van der Waals surface area (Å²) in [5.74, 6) is 0. The van der Waals surface area contributed by atoms with Crippen LogP contribution in [-0.2, 0) is 0 Å². The normalized spacial score (nSPS) is 12.0. The van der Waals surface area contributed by atoms with Crippen molar-refractivity contribution in [2.75, 3.05) is 0 Å². The van der Waals surface area contributed by atoms with E-state index in [0.29, 0.717) is 0 Å². The Balaban J connectivity index is 1.02. The Morgan fingerprint density at radius 3 is 1.27 bits per heavy atom. The molecule has 0 atom stereocenters. The first-order valence-corrected chi connectivity index (χ1v) is 19.0. The Hall–Kier alpha value is -7.22. The minimum Gasteiger partial charge on any atom is -0.455 e. The van der Waals surface area contributed by atoms with Crippen LogP contribution in [0.3, 0.4) is 0 Å². The van der Waals surface area contributed by atoms with E-state index in [-0.39, 0.29) is 0 Å². The maximum atomic E-state index is 6.51. The maximum Gasteiger partial charge on any atom is 0.143 e. The van der Waals surface area contributed by atoms with Gasteiger partial charge in [-0.25, -0.2) is 0 Å². The molecule has 0 N–H and O–H groups in total. The first-order valence-electron chi connectivity index (χ1n) is 19.0. The van der Waals surface area contributed by atoms with Crippen LogP contribution >= 0.6 is 0 Å². The Morgan fingerprint density at radius 2 is 0.655 bits per heavy atom. The molecule has 0 saturated carbocycles. The lowest BCUT2D eigenvalue weighted by atomic mass is 9.85. The van der Waals surface area contributed by atoms with Gasteiger partial charge in [0.05, 0.1) is 0 Å². The minimum atomic E-state index is 0.911. The molecule has 0 aliphatic carbocycles. The van der Waals surface area contributed by atoms with E-state index in [1.54, 1.807) is 0 Å². The molecule has 0 unspecified atom stereocenters. The van der Waals surface area contributed by atoms with Crippen LogP contribution in [-0.4, -0.2) is 0 Å². The summed E-state index contributed by atoms with van der Waals surface area (Å²) in [6.07, 6.45) is 0. The fourth-order valence-corrected chi connectivity index (χ4v) is 9.33. The summed E-state index contributed by atoms with van der Waals surface area (Å²) in [7, 11) is 0. The zero-order valence-corrected chi connectivity index (χ0v) is 29.9. The fourth-order valence-electron chi connectivity index (χ4n) is 9.33. The van der Waals surface area contributed by atoms with Crippen molar-refractivity contribution in [1.82, 2.24) is 0 Å². The Bertz CT molecular complexity index is 3440. The third-order valence-electron chi connectivity index (χ3n) is 11.8. The second-order valence-electron chi connectivity index (χ2n) is 14.7. The quantitative estimate of drug-likeness (QED) is 0.132. The van der Waals surface area contributed by atoms with Crippen molar-refractivity contribution < 1.29 is 4.42 Å². The molecule has 254 valence electrons. The smallest absolute Gasteiger partial charge is 0.143 e. The van der Waals surface area contributed by atoms with Gasteiger partial charge in [0.15, 0.2) is 0 Å². The summed E-state index contributed by atoms with van der Waals surface area (Å²) in [5.41, 5.74) is 9.20. The summed E-state index contributed by atoms with van der Waals surface area (Å²) < 4.78 is 6.51. The third-order valence-corrected chi connectivity index (χ3v) is 11.8. The average molecular weight is 697 g/mol. The lowest BCUT2D eigenvalue weighted by molar-refractivity contribution is 0.672. The molecule has 1 aromatic heterocycles. The lowest BCUT2D eigenvalue weighted by Gasteiger charge is -2.18. The van der Waals surface area contributed by atoms with Crippen molar-refractivity contribution in [3.8, 4) is 33.4 Å². The molecule has 0 spiro atoms. The number of hydrogen-bond acceptors (Lipinski definition) is 1. The van der Waals surface area contributed by atoms with Gasteiger partial charge in [0.2, 0.25) is 0 Å². The van der Waals surface area contributed by atoms with Gasteiger partial charge in [0.1, 0.15) is 11.2 Å². The van der Waals surface area contributed by atoms with Gasteiger partial charge in [0, 0.05) is 16.2 Å². The molecular weight excluding hydrogens is 665 g/mol. The first-order chi connectivity index (χ1) is 27.3. The zero-order valence-electron chi connectivity index (χ0n) is 29.9. The van der Waals surface area contributed by atoms with Crippen LogP contribution < -0.4 is 0 Å². The predicted molar refractivity (Wildman–Crippen MR) is 235 cm³/mol. The summed E-state index contributed by atoms with van der Waals surface area (Å²) in [6, 6.07) is 71.1. The highest BCUT2D eigenvalue weighted by Gasteiger charge is 2.19. The molecule has 0 bridgehead atoms. The molecule has 0 amide bonds. The predicted octanol–water partition coefficient (Wildman–Crippen LogP) is 15.5. The summed E-state index contributed by atoms with van der Waals surface area (Å²) in [6.45, 7) is 0. The highest BCUT2D eigenvalue weighted by Crippen LogP contribution is 2.46. The topological polar surface area (TPSA) is 13.1 Å². The zero-order chi connectivity index (χ0) is 36.0. The van der Waals surface area contributed by atoms with Gasteiger partial charge in [-0.15, -0.1) is 0 Å². The van der Waals surface area contributed by atoms with Crippen molar-refractivity contribution in [2.45, 2.75) is 0 Å². The van der Waals surface area contributed by atoms with Gasteiger partial charge in [-0.05, 0) is 117 Å². The van der Waals surface area contributed by atoms with Gasteiger partial charge in [-0.2, -0.15) is 0 Å². The summed E-state index contributed by atoms with van der Waals surface area (Å²) >= 11 is 0. The molecule has 0 aliphatic rings. The highest BCUT2D eigenvalue weighted by molar-refractivity contribution is 6.26. The van der Waals surface area contributed by atoms with Crippen LogP contribution in [0, 0.1) is 0 Å². The molecule has 1 heteroatoms. The second kappa shape index (κ2) is 11.6.